The van der Waals surface area contributed by atoms with E-state index in [9.17, 15) is 18.0 Å². The Kier molecular flexibility index (Phi) is 5.94. The van der Waals surface area contributed by atoms with Gasteiger partial charge < -0.3 is 5.32 Å². The predicted octanol–water partition coefficient (Wildman–Crippen LogP) is 3.67. The van der Waals surface area contributed by atoms with Gasteiger partial charge in [0.15, 0.2) is 5.15 Å². The number of thioether (sulfide) groups is 1. The number of rotatable bonds is 5. The van der Waals surface area contributed by atoms with Crippen molar-refractivity contribution in [3.05, 3.63) is 35.9 Å². The van der Waals surface area contributed by atoms with Gasteiger partial charge in [0, 0.05) is 12.7 Å². The molecule has 0 spiro atoms. The molecule has 2 heterocycles. The fourth-order valence-electron chi connectivity index (χ4n) is 1.84. The second-order valence-corrected chi connectivity index (χ2v) is 5.82. The Labute approximate surface area is 145 Å². The van der Waals surface area contributed by atoms with Crippen molar-refractivity contribution in [2.75, 3.05) is 17.3 Å². The lowest BCUT2D eigenvalue weighted by Gasteiger charge is -2.20. The summed E-state index contributed by atoms with van der Waals surface area (Å²) in [5.41, 5.74) is -3.49. The molecule has 2 amide bonds. The summed E-state index contributed by atoms with van der Waals surface area (Å²) in [6.07, 6.45) is 4.67. The molecule has 0 aliphatic carbocycles. The van der Waals surface area contributed by atoms with Crippen LogP contribution in [-0.4, -0.2) is 38.7 Å². The molecule has 2 aromatic rings. The Hall–Kier alpha value is -1.94. The molecule has 0 aliphatic rings. The molecule has 0 aliphatic heterocycles. The van der Waals surface area contributed by atoms with Crippen molar-refractivity contribution >= 4 is 35.1 Å². The standard InChI is InChI=1S/C13H13ClF3N5OS/c1-2-21(12(23)19-8-24-13(15,16)17)10-7-22(20-11(10)14)9-4-3-5-18-6-9/h3-7H,2,8H2,1H3,(H,19,23). The molecule has 2 rings (SSSR count). The van der Waals surface area contributed by atoms with Crippen LogP contribution in [0.3, 0.4) is 0 Å². The van der Waals surface area contributed by atoms with E-state index < -0.39 is 17.4 Å². The van der Waals surface area contributed by atoms with Gasteiger partial charge in [0.05, 0.1) is 24.0 Å². The third kappa shape index (κ3) is 4.78. The number of carbonyl (C=O) groups is 1. The second kappa shape index (κ2) is 7.75. The van der Waals surface area contributed by atoms with E-state index in [1.807, 2.05) is 0 Å². The van der Waals surface area contributed by atoms with Crippen LogP contribution in [0.1, 0.15) is 6.92 Å². The summed E-state index contributed by atoms with van der Waals surface area (Å²) in [6, 6.07) is 2.77. The van der Waals surface area contributed by atoms with Crippen LogP contribution in [-0.2, 0) is 0 Å². The second-order valence-electron chi connectivity index (χ2n) is 4.42. The number of hydrogen-bond donors (Lipinski definition) is 1. The Morgan fingerprint density at radius 1 is 1.50 bits per heavy atom. The van der Waals surface area contributed by atoms with E-state index in [0.29, 0.717) is 5.69 Å². The van der Waals surface area contributed by atoms with Crippen molar-refractivity contribution in [1.29, 1.82) is 0 Å². The van der Waals surface area contributed by atoms with Crippen LogP contribution < -0.4 is 10.2 Å². The molecule has 11 heteroatoms. The zero-order valence-electron chi connectivity index (χ0n) is 12.4. The maximum atomic E-state index is 12.1. The zero-order valence-corrected chi connectivity index (χ0v) is 14.0. The molecule has 0 unspecified atom stereocenters. The van der Waals surface area contributed by atoms with Crippen LogP contribution in [0.15, 0.2) is 30.7 Å². The minimum Gasteiger partial charge on any atom is -0.328 e. The Morgan fingerprint density at radius 2 is 2.25 bits per heavy atom. The number of aromatic nitrogens is 3. The highest BCUT2D eigenvalue weighted by molar-refractivity contribution is 8.00. The highest BCUT2D eigenvalue weighted by Crippen LogP contribution is 2.29. The predicted molar refractivity (Wildman–Crippen MR) is 86.4 cm³/mol. The molecule has 130 valence electrons. The summed E-state index contributed by atoms with van der Waals surface area (Å²) in [5, 5.41) is 6.33. The molecule has 0 aromatic carbocycles. The van der Waals surface area contributed by atoms with Gasteiger partial charge in [-0.25, -0.2) is 9.48 Å². The van der Waals surface area contributed by atoms with E-state index >= 15 is 0 Å². The molecular weight excluding hydrogens is 367 g/mol. The molecule has 2 aromatic heterocycles. The average Bonchev–Trinajstić information content (AvgIpc) is 2.90. The van der Waals surface area contributed by atoms with Gasteiger partial charge in [-0.2, -0.15) is 18.3 Å². The molecule has 0 saturated heterocycles. The van der Waals surface area contributed by atoms with Crippen molar-refractivity contribution in [2.45, 2.75) is 12.4 Å². The van der Waals surface area contributed by atoms with Crippen molar-refractivity contribution in [3.8, 4) is 5.69 Å². The highest BCUT2D eigenvalue weighted by Gasteiger charge is 2.28. The number of nitrogens with zero attached hydrogens (tertiary/aromatic N) is 4. The average molecular weight is 380 g/mol. The summed E-state index contributed by atoms with van der Waals surface area (Å²) in [7, 11) is 0. The van der Waals surface area contributed by atoms with Gasteiger partial charge in [0.2, 0.25) is 0 Å². The van der Waals surface area contributed by atoms with Gasteiger partial charge in [-0.3, -0.25) is 9.88 Å². The summed E-state index contributed by atoms with van der Waals surface area (Å²) >= 11 is 5.73. The summed E-state index contributed by atoms with van der Waals surface area (Å²) < 4.78 is 37.8. The van der Waals surface area contributed by atoms with Crippen molar-refractivity contribution < 1.29 is 18.0 Å². The lowest BCUT2D eigenvalue weighted by molar-refractivity contribution is -0.0328. The van der Waals surface area contributed by atoms with E-state index in [-0.39, 0.29) is 29.1 Å². The molecule has 1 N–H and O–H groups in total. The molecule has 0 radical (unpaired) electrons. The fraction of sp³-hybridized carbons (Fsp3) is 0.308. The van der Waals surface area contributed by atoms with Crippen LogP contribution in [0.2, 0.25) is 5.15 Å². The van der Waals surface area contributed by atoms with Gasteiger partial charge >= 0.3 is 11.5 Å². The van der Waals surface area contributed by atoms with Gasteiger partial charge in [0.25, 0.3) is 0 Å². The maximum Gasteiger partial charge on any atom is 0.443 e. The number of amides is 2. The lowest BCUT2D eigenvalue weighted by atomic mass is 10.4. The number of halogens is 4. The molecule has 0 bridgehead atoms. The first-order chi connectivity index (χ1) is 11.3. The first-order valence-corrected chi connectivity index (χ1v) is 8.10. The number of hydrogen-bond acceptors (Lipinski definition) is 4. The van der Waals surface area contributed by atoms with Gasteiger partial charge in [-0.15, -0.1) is 0 Å². The molecular formula is C13H13ClF3N5OS. The fourth-order valence-corrected chi connectivity index (χ4v) is 2.44. The number of carbonyl (C=O) groups excluding carboxylic acids is 1. The van der Waals surface area contributed by atoms with Crippen LogP contribution in [0.4, 0.5) is 23.7 Å². The number of nitrogens with one attached hydrogen (secondary N) is 1. The number of anilines is 1. The highest BCUT2D eigenvalue weighted by atomic mass is 35.5. The number of pyridine rings is 1. The third-order valence-electron chi connectivity index (χ3n) is 2.87. The Bertz CT molecular complexity index is 695. The smallest absolute Gasteiger partial charge is 0.328 e. The number of alkyl halides is 3. The van der Waals surface area contributed by atoms with E-state index in [1.54, 1.807) is 31.5 Å². The molecule has 0 saturated carbocycles. The Morgan fingerprint density at radius 3 is 2.83 bits per heavy atom. The lowest BCUT2D eigenvalue weighted by Crippen LogP contribution is -2.40. The van der Waals surface area contributed by atoms with Gasteiger partial charge in [0.1, 0.15) is 5.69 Å². The van der Waals surface area contributed by atoms with Crippen LogP contribution in [0.25, 0.3) is 5.69 Å². The topological polar surface area (TPSA) is 63.1 Å². The van der Waals surface area contributed by atoms with E-state index in [4.69, 9.17) is 11.6 Å². The van der Waals surface area contributed by atoms with E-state index in [1.165, 1.54) is 15.8 Å². The van der Waals surface area contributed by atoms with Crippen molar-refractivity contribution in [3.63, 3.8) is 0 Å². The number of urea groups is 1. The minimum absolute atomic E-state index is 0.0549. The van der Waals surface area contributed by atoms with Crippen molar-refractivity contribution in [2.24, 2.45) is 0 Å². The van der Waals surface area contributed by atoms with Gasteiger partial charge in [-0.05, 0) is 30.8 Å². The maximum absolute atomic E-state index is 12.1. The van der Waals surface area contributed by atoms with Crippen molar-refractivity contribution in [1.82, 2.24) is 20.1 Å². The van der Waals surface area contributed by atoms with Crippen LogP contribution >= 0.6 is 23.4 Å². The first-order valence-electron chi connectivity index (χ1n) is 6.73. The van der Waals surface area contributed by atoms with Gasteiger partial charge in [-0.1, -0.05) is 11.6 Å². The van der Waals surface area contributed by atoms with Crippen LogP contribution in [0, 0.1) is 0 Å². The molecule has 0 fully saturated rings. The monoisotopic (exact) mass is 379 g/mol. The normalized spacial score (nSPS) is 11.4. The van der Waals surface area contributed by atoms with Crippen LogP contribution in [0.5, 0.6) is 0 Å². The summed E-state index contributed by atoms with van der Waals surface area (Å²) in [6.45, 7) is 1.88. The first kappa shape index (κ1) is 18.4. The summed E-state index contributed by atoms with van der Waals surface area (Å²) in [4.78, 5) is 17.2. The molecule has 0 atom stereocenters. The molecule has 24 heavy (non-hydrogen) atoms. The quantitative estimate of drug-likeness (QED) is 0.805. The zero-order chi connectivity index (χ0) is 17.7. The minimum atomic E-state index is -4.41. The third-order valence-corrected chi connectivity index (χ3v) is 3.76. The summed E-state index contributed by atoms with van der Waals surface area (Å²) in [5.74, 6) is -0.590. The Balaban J connectivity index is 2.13. The largest absolute Gasteiger partial charge is 0.443 e. The van der Waals surface area contributed by atoms with E-state index in [2.05, 4.69) is 15.4 Å². The molecule has 6 nitrogen and oxygen atoms in total. The SMILES string of the molecule is CCN(C(=O)NCSC(F)(F)F)c1cn(-c2cccnc2)nc1Cl. The van der Waals surface area contributed by atoms with E-state index in [0.717, 1.165) is 0 Å².